The summed E-state index contributed by atoms with van der Waals surface area (Å²) in [6.07, 6.45) is 2.38. The predicted molar refractivity (Wildman–Crippen MR) is 68.8 cm³/mol. The van der Waals surface area contributed by atoms with Crippen LogP contribution in [-0.2, 0) is 0 Å². The summed E-state index contributed by atoms with van der Waals surface area (Å²) in [4.78, 5) is 4.29. The van der Waals surface area contributed by atoms with Gasteiger partial charge in [-0.1, -0.05) is 32.5 Å². The fourth-order valence-corrected chi connectivity index (χ4v) is 2.33. The van der Waals surface area contributed by atoms with Crippen LogP contribution >= 0.6 is 11.8 Å². The molecule has 0 aliphatic rings. The molecule has 16 heavy (non-hydrogen) atoms. The highest BCUT2D eigenvalue weighted by Crippen LogP contribution is 2.18. The van der Waals surface area contributed by atoms with E-state index in [9.17, 15) is 0 Å². The highest BCUT2D eigenvalue weighted by Gasteiger charge is 2.10. The van der Waals surface area contributed by atoms with E-state index in [4.69, 9.17) is 0 Å². The van der Waals surface area contributed by atoms with Crippen molar-refractivity contribution in [3.8, 4) is 0 Å². The van der Waals surface area contributed by atoms with Gasteiger partial charge >= 0.3 is 0 Å². The van der Waals surface area contributed by atoms with Crippen LogP contribution in [0.4, 0.5) is 0 Å². The second-order valence-corrected chi connectivity index (χ2v) is 5.46. The molecular weight excluding hydrogens is 220 g/mol. The minimum Gasteiger partial charge on any atom is -0.313 e. The Morgan fingerprint density at radius 1 is 1.38 bits per heavy atom. The molecule has 0 saturated heterocycles. The molecule has 1 unspecified atom stereocenters. The summed E-state index contributed by atoms with van der Waals surface area (Å²) in [5.41, 5.74) is 0. The lowest BCUT2D eigenvalue weighted by Gasteiger charge is -2.17. The van der Waals surface area contributed by atoms with Crippen molar-refractivity contribution in [1.29, 1.82) is 0 Å². The minimum atomic E-state index is 0.496. The Hall–Kier alpha value is -0.550. The molecule has 1 rings (SSSR count). The third-order valence-corrected chi connectivity index (χ3v) is 3.53. The van der Waals surface area contributed by atoms with Crippen LogP contribution in [0.2, 0.25) is 0 Å². The normalized spacial score (nSPS) is 13.3. The molecule has 0 bridgehead atoms. The quantitative estimate of drug-likeness (QED) is 0.721. The molecule has 1 heterocycles. The summed E-state index contributed by atoms with van der Waals surface area (Å²) < 4.78 is 0. The van der Waals surface area contributed by atoms with Gasteiger partial charge in [0.25, 0.3) is 0 Å². The van der Waals surface area contributed by atoms with Crippen LogP contribution in [0.25, 0.3) is 0 Å². The maximum atomic E-state index is 4.29. The molecule has 1 atom stereocenters. The van der Waals surface area contributed by atoms with Crippen molar-refractivity contribution in [3.05, 3.63) is 5.82 Å². The lowest BCUT2D eigenvalue weighted by molar-refractivity contribution is 0.487. The Morgan fingerprint density at radius 2 is 2.06 bits per heavy atom. The first-order chi connectivity index (χ1) is 7.65. The maximum absolute atomic E-state index is 4.29. The summed E-state index contributed by atoms with van der Waals surface area (Å²) >= 11 is 1.71. The molecule has 0 aliphatic carbocycles. The van der Waals surface area contributed by atoms with Crippen LogP contribution in [0, 0.1) is 6.92 Å². The van der Waals surface area contributed by atoms with Gasteiger partial charge in [-0.15, -0.1) is 5.10 Å². The summed E-state index contributed by atoms with van der Waals surface area (Å²) in [6, 6.07) is 0.636. The second kappa shape index (κ2) is 6.91. The Labute approximate surface area is 102 Å². The van der Waals surface area contributed by atoms with Crippen molar-refractivity contribution in [3.63, 3.8) is 0 Å². The first-order valence-corrected chi connectivity index (χ1v) is 6.82. The Kier molecular flexibility index (Phi) is 5.84. The van der Waals surface area contributed by atoms with E-state index in [-0.39, 0.29) is 0 Å². The molecule has 0 saturated carbocycles. The first-order valence-electron chi connectivity index (χ1n) is 5.94. The molecule has 0 fully saturated rings. The van der Waals surface area contributed by atoms with Gasteiger partial charge in [0.15, 0.2) is 0 Å². The average Bonchev–Trinajstić information content (AvgIpc) is 2.65. The number of H-pyrrole nitrogens is 1. The van der Waals surface area contributed by atoms with Crippen LogP contribution in [0.1, 0.15) is 39.4 Å². The largest absolute Gasteiger partial charge is 0.313 e. The summed E-state index contributed by atoms with van der Waals surface area (Å²) in [5, 5.41) is 11.9. The van der Waals surface area contributed by atoms with Gasteiger partial charge in [0.1, 0.15) is 5.82 Å². The van der Waals surface area contributed by atoms with Crippen LogP contribution < -0.4 is 5.32 Å². The summed E-state index contributed by atoms with van der Waals surface area (Å²) in [5.74, 6) is 0.877. The number of hydrogen-bond donors (Lipinski definition) is 2. The van der Waals surface area contributed by atoms with E-state index in [1.165, 1.54) is 12.8 Å². The number of aromatic nitrogens is 3. The molecule has 1 aromatic rings. The molecule has 4 nitrogen and oxygen atoms in total. The van der Waals surface area contributed by atoms with E-state index >= 15 is 0 Å². The Morgan fingerprint density at radius 3 is 2.56 bits per heavy atom. The van der Waals surface area contributed by atoms with Crippen LogP contribution in [0.5, 0.6) is 0 Å². The third kappa shape index (κ3) is 4.53. The molecule has 2 N–H and O–H groups in total. The second-order valence-electron chi connectivity index (χ2n) is 4.05. The lowest BCUT2D eigenvalue weighted by atomic mass is 10.2. The van der Waals surface area contributed by atoms with Crippen molar-refractivity contribution in [2.45, 2.75) is 57.0 Å². The molecule has 0 aliphatic heterocycles. The fraction of sp³-hybridized carbons (Fsp3) is 0.818. The van der Waals surface area contributed by atoms with Crippen molar-refractivity contribution < 1.29 is 0 Å². The molecule has 0 amide bonds. The number of thioether (sulfide) groups is 1. The van der Waals surface area contributed by atoms with Gasteiger partial charge in [-0.3, -0.25) is 5.10 Å². The fourth-order valence-electron chi connectivity index (χ4n) is 1.51. The minimum absolute atomic E-state index is 0.496. The number of rotatable bonds is 7. The summed E-state index contributed by atoms with van der Waals surface area (Å²) in [6.45, 7) is 9.57. The zero-order chi connectivity index (χ0) is 12.0. The molecule has 0 aromatic carbocycles. The van der Waals surface area contributed by atoms with Crippen LogP contribution in [0.3, 0.4) is 0 Å². The van der Waals surface area contributed by atoms with Gasteiger partial charge in [0, 0.05) is 17.8 Å². The van der Waals surface area contributed by atoms with Crippen molar-refractivity contribution in [2.75, 3.05) is 6.54 Å². The molecule has 0 spiro atoms. The number of hydrogen-bond acceptors (Lipinski definition) is 4. The zero-order valence-corrected chi connectivity index (χ0v) is 11.4. The van der Waals surface area contributed by atoms with Gasteiger partial charge in [-0.05, 0) is 19.8 Å². The highest BCUT2D eigenvalue weighted by molar-refractivity contribution is 7.99. The highest BCUT2D eigenvalue weighted by atomic mass is 32.2. The van der Waals surface area contributed by atoms with Gasteiger partial charge in [-0.25, -0.2) is 4.98 Å². The van der Waals surface area contributed by atoms with Crippen LogP contribution in [0.15, 0.2) is 5.16 Å². The number of aryl methyl sites for hydroxylation is 1. The Balaban J connectivity index is 2.27. The van der Waals surface area contributed by atoms with Gasteiger partial charge in [0.2, 0.25) is 5.16 Å². The van der Waals surface area contributed by atoms with Crippen molar-refractivity contribution >= 4 is 11.8 Å². The predicted octanol–water partition coefficient (Wildman–Crippen LogP) is 2.37. The van der Waals surface area contributed by atoms with Crippen molar-refractivity contribution in [2.24, 2.45) is 0 Å². The van der Waals surface area contributed by atoms with Crippen molar-refractivity contribution in [1.82, 2.24) is 20.5 Å². The number of nitrogens with one attached hydrogen (secondary N) is 2. The number of aromatic amines is 1. The lowest BCUT2D eigenvalue weighted by Crippen LogP contribution is -2.32. The Bertz CT molecular complexity index is 296. The molecule has 92 valence electrons. The third-order valence-electron chi connectivity index (χ3n) is 2.56. The van der Waals surface area contributed by atoms with E-state index in [0.717, 1.165) is 17.5 Å². The van der Waals surface area contributed by atoms with Crippen LogP contribution in [-0.4, -0.2) is 33.0 Å². The number of nitrogens with zero attached hydrogens (tertiary/aromatic N) is 2. The molecule has 5 heteroatoms. The van der Waals surface area contributed by atoms with E-state index < -0.39 is 0 Å². The van der Waals surface area contributed by atoms with E-state index in [1.807, 2.05) is 6.92 Å². The molecule has 0 radical (unpaired) electrons. The van der Waals surface area contributed by atoms with Gasteiger partial charge in [0.05, 0.1) is 0 Å². The van der Waals surface area contributed by atoms with Gasteiger partial charge in [-0.2, -0.15) is 0 Å². The smallest absolute Gasteiger partial charge is 0.208 e. The van der Waals surface area contributed by atoms with E-state index in [2.05, 4.69) is 41.3 Å². The maximum Gasteiger partial charge on any atom is 0.208 e. The van der Waals surface area contributed by atoms with E-state index in [0.29, 0.717) is 11.3 Å². The molecule has 1 aromatic heterocycles. The summed E-state index contributed by atoms with van der Waals surface area (Å²) in [7, 11) is 0. The monoisotopic (exact) mass is 242 g/mol. The topological polar surface area (TPSA) is 53.6 Å². The standard InChI is InChI=1S/C11H22N4S/c1-5-10(6-2)12-7-8(3)16-11-13-9(4)14-15-11/h8,10,12H,5-7H2,1-4H3,(H,13,14,15). The SMILES string of the molecule is CCC(CC)NCC(C)Sc1n[nH]c(C)n1. The first kappa shape index (κ1) is 13.5. The van der Waals surface area contributed by atoms with Gasteiger partial charge < -0.3 is 5.32 Å². The zero-order valence-electron chi connectivity index (χ0n) is 10.6. The van der Waals surface area contributed by atoms with E-state index in [1.54, 1.807) is 11.8 Å². The average molecular weight is 242 g/mol. The molecular formula is C11H22N4S.